The quantitative estimate of drug-likeness (QED) is 0.665. The number of furan rings is 1. The fourth-order valence-electron chi connectivity index (χ4n) is 3.67. The second-order valence-corrected chi connectivity index (χ2v) is 7.35. The van der Waals surface area contributed by atoms with E-state index in [1.165, 1.54) is 0 Å². The molecule has 0 bridgehead atoms. The maximum atomic E-state index is 13.4. The van der Waals surface area contributed by atoms with Crippen LogP contribution in [0.15, 0.2) is 35.1 Å². The van der Waals surface area contributed by atoms with Gasteiger partial charge < -0.3 is 14.6 Å². The zero-order valence-electron chi connectivity index (χ0n) is 16.8. The lowest BCUT2D eigenvalue weighted by atomic mass is 10.0. The van der Waals surface area contributed by atoms with Crippen molar-refractivity contribution in [2.75, 3.05) is 20.1 Å². The monoisotopic (exact) mass is 439 g/mol. The minimum absolute atomic E-state index is 0. The number of piperidine rings is 1. The number of fused-ring (bicyclic) bond motifs is 1. The second kappa shape index (κ2) is 9.61. The Labute approximate surface area is 182 Å². The lowest BCUT2D eigenvalue weighted by molar-refractivity contribution is 0.0705. The van der Waals surface area contributed by atoms with Gasteiger partial charge in [0.1, 0.15) is 5.69 Å². The summed E-state index contributed by atoms with van der Waals surface area (Å²) in [5.41, 5.74) is 1.98. The van der Waals surface area contributed by atoms with Gasteiger partial charge in [-0.15, -0.1) is 24.8 Å². The molecule has 1 amide bonds. The fraction of sp³-hybridized carbons (Fsp3) is 0.450. The Morgan fingerprint density at radius 2 is 2.03 bits per heavy atom. The molecule has 0 radical (unpaired) electrons. The first-order chi connectivity index (χ1) is 13.1. The van der Waals surface area contributed by atoms with E-state index in [-0.39, 0.29) is 42.8 Å². The summed E-state index contributed by atoms with van der Waals surface area (Å²) in [4.78, 5) is 20.0. The van der Waals surface area contributed by atoms with Gasteiger partial charge in [0.05, 0.1) is 23.4 Å². The number of hydrogen-bond acceptors (Lipinski definition) is 5. The number of pyridine rings is 1. The maximum absolute atomic E-state index is 13.4. The molecule has 3 aromatic rings. The summed E-state index contributed by atoms with van der Waals surface area (Å²) in [5, 5.41) is 8.60. The molecule has 1 aliphatic heterocycles. The number of carbonyl (C=O) groups is 1. The number of nitrogens with one attached hydrogen (secondary N) is 1. The molecular weight excluding hydrogens is 413 g/mol. The molecule has 0 aromatic carbocycles. The predicted octanol–water partition coefficient (Wildman–Crippen LogP) is 3.94. The molecule has 4 rings (SSSR count). The predicted molar refractivity (Wildman–Crippen MR) is 118 cm³/mol. The summed E-state index contributed by atoms with van der Waals surface area (Å²) in [6.07, 6.45) is 5.29. The van der Waals surface area contributed by atoms with Gasteiger partial charge in [-0.2, -0.15) is 5.10 Å². The van der Waals surface area contributed by atoms with E-state index in [1.54, 1.807) is 12.5 Å². The van der Waals surface area contributed by atoms with Crippen molar-refractivity contribution in [3.05, 3.63) is 36.2 Å². The van der Waals surface area contributed by atoms with Crippen molar-refractivity contribution in [2.45, 2.75) is 38.8 Å². The number of halogens is 2. The van der Waals surface area contributed by atoms with Crippen LogP contribution in [0.1, 0.15) is 43.1 Å². The van der Waals surface area contributed by atoms with Crippen LogP contribution in [0.2, 0.25) is 0 Å². The van der Waals surface area contributed by atoms with E-state index in [2.05, 4.69) is 24.3 Å². The van der Waals surface area contributed by atoms with E-state index in [1.807, 2.05) is 34.8 Å². The fourth-order valence-corrected chi connectivity index (χ4v) is 3.67. The molecule has 3 aromatic heterocycles. The third-order valence-corrected chi connectivity index (χ3v) is 5.24. The van der Waals surface area contributed by atoms with Gasteiger partial charge in [-0.25, -0.2) is 9.67 Å². The molecule has 1 saturated heterocycles. The van der Waals surface area contributed by atoms with Crippen molar-refractivity contribution in [1.82, 2.24) is 25.0 Å². The van der Waals surface area contributed by atoms with Crippen molar-refractivity contribution >= 4 is 41.8 Å². The topological polar surface area (TPSA) is 76.2 Å². The van der Waals surface area contributed by atoms with Crippen molar-refractivity contribution in [3.8, 4) is 11.5 Å². The highest BCUT2D eigenvalue weighted by Gasteiger charge is 2.26. The van der Waals surface area contributed by atoms with Crippen LogP contribution in [-0.4, -0.2) is 51.8 Å². The second-order valence-electron chi connectivity index (χ2n) is 7.35. The molecule has 158 valence electrons. The molecule has 1 fully saturated rings. The highest BCUT2D eigenvalue weighted by Crippen LogP contribution is 2.28. The van der Waals surface area contributed by atoms with Crippen LogP contribution in [0, 0.1) is 0 Å². The van der Waals surface area contributed by atoms with Gasteiger partial charge in [0.15, 0.2) is 11.4 Å². The summed E-state index contributed by atoms with van der Waals surface area (Å²) in [6.45, 7) is 5.99. The van der Waals surface area contributed by atoms with Crippen molar-refractivity contribution < 1.29 is 9.21 Å². The number of hydrogen-bond donors (Lipinski definition) is 1. The van der Waals surface area contributed by atoms with Crippen LogP contribution in [0.25, 0.3) is 22.5 Å². The molecule has 0 aliphatic carbocycles. The molecule has 1 N–H and O–H groups in total. The molecule has 0 unspecified atom stereocenters. The number of aromatic nitrogens is 3. The third-order valence-electron chi connectivity index (χ3n) is 5.24. The number of rotatable bonds is 4. The first-order valence-electron chi connectivity index (χ1n) is 9.46. The van der Waals surface area contributed by atoms with Gasteiger partial charge in [0.25, 0.3) is 5.91 Å². The number of nitrogens with zero attached hydrogens (tertiary/aromatic N) is 4. The Morgan fingerprint density at radius 1 is 1.31 bits per heavy atom. The zero-order valence-corrected chi connectivity index (χ0v) is 18.4. The Bertz CT molecular complexity index is 949. The summed E-state index contributed by atoms with van der Waals surface area (Å²) in [5.74, 6) is 0.650. The smallest absolute Gasteiger partial charge is 0.254 e. The molecule has 4 heterocycles. The Hall–Kier alpha value is -2.09. The molecule has 29 heavy (non-hydrogen) atoms. The summed E-state index contributed by atoms with van der Waals surface area (Å²) in [7, 11) is 1.89. The SMILES string of the molecule is CC(C)n1ncc2c(C(=O)N(C)C3CCNCC3)cc(-c3ccco3)nc21.Cl.Cl. The summed E-state index contributed by atoms with van der Waals surface area (Å²) >= 11 is 0. The van der Waals surface area contributed by atoms with Crippen LogP contribution in [-0.2, 0) is 0 Å². The Kier molecular flexibility index (Phi) is 7.68. The average Bonchev–Trinajstić information content (AvgIpc) is 3.36. The number of carbonyl (C=O) groups excluding carboxylic acids is 1. The largest absolute Gasteiger partial charge is 0.463 e. The molecule has 0 spiro atoms. The molecule has 7 nitrogen and oxygen atoms in total. The van der Waals surface area contributed by atoms with E-state index in [0.29, 0.717) is 22.7 Å². The normalized spacial score (nSPS) is 14.5. The molecule has 0 atom stereocenters. The first-order valence-corrected chi connectivity index (χ1v) is 9.46. The molecular formula is C20H27Cl2N5O2. The van der Waals surface area contributed by atoms with Gasteiger partial charge in [-0.3, -0.25) is 4.79 Å². The molecule has 1 aliphatic rings. The Balaban J connectivity index is 0.00000150. The lowest BCUT2D eigenvalue weighted by Crippen LogP contribution is -2.44. The standard InChI is InChI=1S/C20H25N5O2.2ClH/c1-13(2)25-19-16(12-22-25)15(11-17(23-19)18-5-4-10-27-18)20(26)24(3)14-6-8-21-9-7-14;;/h4-5,10-14,21H,6-9H2,1-3H3;2*1H. The minimum atomic E-state index is 0. The minimum Gasteiger partial charge on any atom is -0.463 e. The first kappa shape index (κ1) is 23.2. The number of amides is 1. The molecule has 9 heteroatoms. The van der Waals surface area contributed by atoms with Crippen LogP contribution in [0.4, 0.5) is 0 Å². The van der Waals surface area contributed by atoms with Gasteiger partial charge in [0, 0.05) is 19.1 Å². The van der Waals surface area contributed by atoms with E-state index >= 15 is 0 Å². The van der Waals surface area contributed by atoms with Crippen molar-refractivity contribution in [1.29, 1.82) is 0 Å². The van der Waals surface area contributed by atoms with Crippen LogP contribution >= 0.6 is 24.8 Å². The van der Waals surface area contributed by atoms with Crippen LogP contribution < -0.4 is 5.32 Å². The third kappa shape index (κ3) is 4.42. The van der Waals surface area contributed by atoms with Crippen LogP contribution in [0.5, 0.6) is 0 Å². The van der Waals surface area contributed by atoms with E-state index in [0.717, 1.165) is 31.3 Å². The highest BCUT2D eigenvalue weighted by molar-refractivity contribution is 6.06. The van der Waals surface area contributed by atoms with E-state index in [4.69, 9.17) is 9.40 Å². The van der Waals surface area contributed by atoms with Gasteiger partial charge in [-0.1, -0.05) is 0 Å². The van der Waals surface area contributed by atoms with Crippen LogP contribution in [0.3, 0.4) is 0 Å². The van der Waals surface area contributed by atoms with Gasteiger partial charge >= 0.3 is 0 Å². The highest BCUT2D eigenvalue weighted by atomic mass is 35.5. The van der Waals surface area contributed by atoms with E-state index in [9.17, 15) is 4.79 Å². The van der Waals surface area contributed by atoms with E-state index < -0.39 is 0 Å². The average molecular weight is 440 g/mol. The summed E-state index contributed by atoms with van der Waals surface area (Å²) < 4.78 is 7.38. The Morgan fingerprint density at radius 3 is 2.66 bits per heavy atom. The molecule has 0 saturated carbocycles. The van der Waals surface area contributed by atoms with Crippen molar-refractivity contribution in [3.63, 3.8) is 0 Å². The van der Waals surface area contributed by atoms with Gasteiger partial charge in [-0.05, 0) is 58.0 Å². The lowest BCUT2D eigenvalue weighted by Gasteiger charge is -2.31. The van der Waals surface area contributed by atoms with Gasteiger partial charge in [0.2, 0.25) is 0 Å². The maximum Gasteiger partial charge on any atom is 0.254 e. The van der Waals surface area contributed by atoms with Crippen molar-refractivity contribution in [2.24, 2.45) is 0 Å². The zero-order chi connectivity index (χ0) is 19.0. The summed E-state index contributed by atoms with van der Waals surface area (Å²) in [6, 6.07) is 5.90.